The van der Waals surface area contributed by atoms with Gasteiger partial charge in [-0.25, -0.2) is 4.68 Å². The Morgan fingerprint density at radius 1 is 1.07 bits per heavy atom. The van der Waals surface area contributed by atoms with Gasteiger partial charge in [-0.2, -0.15) is 5.10 Å². The topological polar surface area (TPSA) is 111 Å². The van der Waals surface area contributed by atoms with E-state index >= 15 is 0 Å². The summed E-state index contributed by atoms with van der Waals surface area (Å²) in [6.07, 6.45) is -0.327. The number of benzene rings is 2. The summed E-state index contributed by atoms with van der Waals surface area (Å²) in [5, 5.41) is 15.8. The first-order valence-corrected chi connectivity index (χ1v) is 8.82. The van der Waals surface area contributed by atoms with Crippen LogP contribution in [0.25, 0.3) is 0 Å². The number of nitrogens with one attached hydrogen (secondary N) is 1. The van der Waals surface area contributed by atoms with Gasteiger partial charge in [-0.15, -0.1) is 0 Å². The minimum Gasteiger partial charge on any atom is -0.481 e. The van der Waals surface area contributed by atoms with Crippen molar-refractivity contribution >= 4 is 11.9 Å². The quantitative estimate of drug-likeness (QED) is 0.638. The molecule has 2 N–H and O–H groups in total. The van der Waals surface area contributed by atoms with E-state index in [-0.39, 0.29) is 17.7 Å². The smallest absolute Gasteiger partial charge is 0.305 e. The molecule has 0 saturated carbocycles. The van der Waals surface area contributed by atoms with Crippen molar-refractivity contribution in [2.24, 2.45) is 7.05 Å². The number of amides is 1. The van der Waals surface area contributed by atoms with Crippen molar-refractivity contribution in [2.45, 2.75) is 12.5 Å². The zero-order valence-corrected chi connectivity index (χ0v) is 15.6. The molecule has 1 unspecified atom stereocenters. The number of carbonyl (C=O) groups excluding carboxylic acids is 1. The van der Waals surface area contributed by atoms with Crippen LogP contribution in [0.4, 0.5) is 0 Å². The van der Waals surface area contributed by atoms with Crippen molar-refractivity contribution in [3.8, 4) is 11.5 Å². The second kappa shape index (κ2) is 8.83. The van der Waals surface area contributed by atoms with Crippen LogP contribution in [0.3, 0.4) is 0 Å². The van der Waals surface area contributed by atoms with E-state index in [0.29, 0.717) is 17.1 Å². The molecule has 0 bridgehead atoms. The van der Waals surface area contributed by atoms with Gasteiger partial charge in [-0.3, -0.25) is 14.4 Å². The van der Waals surface area contributed by atoms with Gasteiger partial charge in [0.25, 0.3) is 11.5 Å². The molecule has 0 aliphatic rings. The molecule has 0 spiro atoms. The lowest BCUT2D eigenvalue weighted by Crippen LogP contribution is -2.32. The number of carboxylic acid groups (broad SMARTS) is 1. The van der Waals surface area contributed by atoms with E-state index in [1.165, 1.54) is 19.2 Å². The van der Waals surface area contributed by atoms with Crippen LogP contribution in [-0.4, -0.2) is 26.8 Å². The molecule has 1 heterocycles. The van der Waals surface area contributed by atoms with E-state index in [1.54, 1.807) is 36.4 Å². The van der Waals surface area contributed by atoms with Crippen molar-refractivity contribution in [2.75, 3.05) is 0 Å². The summed E-state index contributed by atoms with van der Waals surface area (Å²) in [5.41, 5.74) is 0.229. The van der Waals surface area contributed by atoms with E-state index in [2.05, 4.69) is 10.4 Å². The zero-order valence-electron chi connectivity index (χ0n) is 15.6. The summed E-state index contributed by atoms with van der Waals surface area (Å²) in [5.74, 6) is -0.504. The molecule has 0 aliphatic heterocycles. The number of rotatable bonds is 7. The van der Waals surface area contributed by atoms with Gasteiger partial charge in [0.15, 0.2) is 0 Å². The van der Waals surface area contributed by atoms with Crippen molar-refractivity contribution in [3.05, 3.63) is 88.3 Å². The van der Waals surface area contributed by atoms with Crippen LogP contribution in [0.2, 0.25) is 0 Å². The third-order valence-electron chi connectivity index (χ3n) is 4.12. The summed E-state index contributed by atoms with van der Waals surface area (Å²) in [7, 11) is 1.43. The van der Waals surface area contributed by atoms with E-state index in [4.69, 9.17) is 4.74 Å². The number of carbonyl (C=O) groups is 2. The van der Waals surface area contributed by atoms with Gasteiger partial charge >= 0.3 is 5.97 Å². The van der Waals surface area contributed by atoms with Crippen LogP contribution in [0.15, 0.2) is 71.5 Å². The summed E-state index contributed by atoms with van der Waals surface area (Å²) >= 11 is 0. The molecule has 1 amide bonds. The fourth-order valence-electron chi connectivity index (χ4n) is 2.70. The van der Waals surface area contributed by atoms with Crippen LogP contribution in [0, 0.1) is 0 Å². The molecule has 148 valence electrons. The maximum Gasteiger partial charge on any atom is 0.305 e. The Labute approximate surface area is 166 Å². The number of ether oxygens (including phenoxy) is 1. The standard InChI is InChI=1S/C21H19N3O5/c1-24-19(25)11-10-17(23-24)21(28)22-18(13-20(26)27)14-6-5-9-16(12-14)29-15-7-3-2-4-8-15/h2-12,18H,13H2,1H3,(H,22,28)(H,26,27). The third-order valence-corrected chi connectivity index (χ3v) is 4.12. The lowest BCUT2D eigenvalue weighted by atomic mass is 10.0. The van der Waals surface area contributed by atoms with E-state index in [9.17, 15) is 19.5 Å². The van der Waals surface area contributed by atoms with Crippen LogP contribution >= 0.6 is 0 Å². The Bertz CT molecular complexity index is 1080. The maximum atomic E-state index is 12.5. The minimum absolute atomic E-state index is 0.0131. The summed E-state index contributed by atoms with van der Waals surface area (Å²) in [4.78, 5) is 35.3. The minimum atomic E-state index is -1.07. The average molecular weight is 393 g/mol. The van der Waals surface area contributed by atoms with Crippen molar-refractivity contribution in [1.82, 2.24) is 15.1 Å². The largest absolute Gasteiger partial charge is 0.481 e. The molecule has 1 aromatic heterocycles. The third kappa shape index (κ3) is 5.29. The Balaban J connectivity index is 1.83. The Hall–Kier alpha value is -3.94. The highest BCUT2D eigenvalue weighted by molar-refractivity contribution is 5.92. The second-order valence-electron chi connectivity index (χ2n) is 6.29. The number of hydrogen-bond acceptors (Lipinski definition) is 5. The second-order valence-corrected chi connectivity index (χ2v) is 6.29. The van der Waals surface area contributed by atoms with E-state index < -0.39 is 17.9 Å². The van der Waals surface area contributed by atoms with Crippen molar-refractivity contribution in [1.29, 1.82) is 0 Å². The van der Waals surface area contributed by atoms with Crippen LogP contribution in [-0.2, 0) is 11.8 Å². The van der Waals surface area contributed by atoms with E-state index in [0.717, 1.165) is 4.68 Å². The lowest BCUT2D eigenvalue weighted by molar-refractivity contribution is -0.137. The van der Waals surface area contributed by atoms with Crippen LogP contribution in [0.1, 0.15) is 28.5 Å². The first-order chi connectivity index (χ1) is 13.9. The lowest BCUT2D eigenvalue weighted by Gasteiger charge is -2.18. The SMILES string of the molecule is Cn1nc(C(=O)NC(CC(=O)O)c2cccc(Oc3ccccc3)c2)ccc1=O. The Morgan fingerprint density at radius 2 is 1.79 bits per heavy atom. The maximum absolute atomic E-state index is 12.5. The first-order valence-electron chi connectivity index (χ1n) is 8.82. The number of nitrogens with zero attached hydrogens (tertiary/aromatic N) is 2. The van der Waals surface area contributed by atoms with Crippen LogP contribution < -0.4 is 15.6 Å². The molecule has 0 fully saturated rings. The van der Waals surface area contributed by atoms with Crippen LogP contribution in [0.5, 0.6) is 11.5 Å². The molecule has 2 aromatic carbocycles. The molecule has 29 heavy (non-hydrogen) atoms. The van der Waals surface area contributed by atoms with Gasteiger partial charge in [-0.05, 0) is 35.9 Å². The summed E-state index contributed by atoms with van der Waals surface area (Å²) < 4.78 is 6.82. The van der Waals surface area contributed by atoms with Gasteiger partial charge in [0.05, 0.1) is 12.5 Å². The molecule has 0 aliphatic carbocycles. The number of carboxylic acids is 1. The van der Waals surface area contributed by atoms with Gasteiger partial charge in [0, 0.05) is 13.1 Å². The van der Waals surface area contributed by atoms with Gasteiger partial charge in [-0.1, -0.05) is 30.3 Å². The van der Waals surface area contributed by atoms with Gasteiger partial charge in [0.2, 0.25) is 0 Å². The predicted octanol–water partition coefficient (Wildman–Crippen LogP) is 2.52. The zero-order chi connectivity index (χ0) is 20.8. The summed E-state index contributed by atoms with van der Waals surface area (Å²) in [6.45, 7) is 0. The Kier molecular flexibility index (Phi) is 6.03. The molecule has 1 atom stereocenters. The first kappa shape index (κ1) is 19.8. The van der Waals surface area contributed by atoms with Gasteiger partial charge < -0.3 is 15.2 Å². The van der Waals surface area contributed by atoms with Crippen molar-refractivity contribution in [3.63, 3.8) is 0 Å². The summed E-state index contributed by atoms with van der Waals surface area (Å²) in [6, 6.07) is 17.7. The number of para-hydroxylation sites is 1. The monoisotopic (exact) mass is 393 g/mol. The Morgan fingerprint density at radius 3 is 2.48 bits per heavy atom. The number of aliphatic carboxylic acids is 1. The van der Waals surface area contributed by atoms with Gasteiger partial charge in [0.1, 0.15) is 17.2 Å². The molecular weight excluding hydrogens is 374 g/mol. The predicted molar refractivity (Wildman–Crippen MR) is 105 cm³/mol. The number of aromatic nitrogens is 2. The highest BCUT2D eigenvalue weighted by atomic mass is 16.5. The fourth-order valence-corrected chi connectivity index (χ4v) is 2.70. The molecule has 3 rings (SSSR count). The number of hydrogen-bond donors (Lipinski definition) is 2. The number of aryl methyl sites for hydroxylation is 1. The molecule has 3 aromatic rings. The fraction of sp³-hybridized carbons (Fsp3) is 0.143. The molecular formula is C21H19N3O5. The molecule has 8 heteroatoms. The van der Waals surface area contributed by atoms with Crippen molar-refractivity contribution < 1.29 is 19.4 Å². The highest BCUT2D eigenvalue weighted by Crippen LogP contribution is 2.26. The van der Waals surface area contributed by atoms with E-state index in [1.807, 2.05) is 18.2 Å². The highest BCUT2D eigenvalue weighted by Gasteiger charge is 2.20. The molecule has 0 radical (unpaired) electrons. The average Bonchev–Trinajstić information content (AvgIpc) is 2.70. The molecule has 8 nitrogen and oxygen atoms in total. The molecule has 0 saturated heterocycles. The normalized spacial score (nSPS) is 11.5.